The third kappa shape index (κ3) is 2.31. The van der Waals surface area contributed by atoms with Gasteiger partial charge in [-0.05, 0) is 32.0 Å². The number of likely N-dealkylation sites (tertiary alicyclic amines) is 1. The van der Waals surface area contributed by atoms with E-state index in [9.17, 15) is 0 Å². The molecule has 2 aliphatic rings. The highest BCUT2D eigenvalue weighted by Gasteiger charge is 2.19. The Hall–Kier alpha value is -1.42. The molecular weight excluding hydrogens is 218 g/mol. The lowest BCUT2D eigenvalue weighted by atomic mass is 10.1. The summed E-state index contributed by atoms with van der Waals surface area (Å²) in [6, 6.07) is 5.78. The maximum Gasteiger partial charge on any atom is 0.231 e. The second kappa shape index (κ2) is 4.45. The maximum atomic E-state index is 5.97. The van der Waals surface area contributed by atoms with Gasteiger partial charge in [-0.1, -0.05) is 0 Å². The van der Waals surface area contributed by atoms with E-state index in [0.717, 1.165) is 43.2 Å². The van der Waals surface area contributed by atoms with Crippen molar-refractivity contribution in [1.82, 2.24) is 4.90 Å². The molecule has 0 aliphatic carbocycles. The van der Waals surface area contributed by atoms with Crippen LogP contribution in [0.2, 0.25) is 0 Å². The van der Waals surface area contributed by atoms with Crippen LogP contribution in [-0.2, 0) is 0 Å². The summed E-state index contributed by atoms with van der Waals surface area (Å²) in [5.41, 5.74) is 0. The first kappa shape index (κ1) is 10.7. The Morgan fingerprint density at radius 1 is 1.18 bits per heavy atom. The van der Waals surface area contributed by atoms with Crippen LogP contribution in [-0.4, -0.2) is 37.9 Å². The monoisotopic (exact) mass is 235 g/mol. The highest BCUT2D eigenvalue weighted by molar-refractivity contribution is 5.46. The molecule has 0 spiro atoms. The second-order valence-corrected chi connectivity index (χ2v) is 4.64. The molecule has 1 saturated heterocycles. The SMILES string of the molecule is CN1CCC(Oc2ccc3c(c2)OCO3)CC1. The van der Waals surface area contributed by atoms with Gasteiger partial charge in [0.05, 0.1) is 0 Å². The fraction of sp³-hybridized carbons (Fsp3) is 0.538. The van der Waals surface area contributed by atoms with Crippen molar-refractivity contribution in [2.24, 2.45) is 0 Å². The summed E-state index contributed by atoms with van der Waals surface area (Å²) in [6.07, 6.45) is 2.50. The summed E-state index contributed by atoms with van der Waals surface area (Å²) in [5, 5.41) is 0. The third-order valence-electron chi connectivity index (χ3n) is 3.31. The van der Waals surface area contributed by atoms with Crippen LogP contribution in [0.1, 0.15) is 12.8 Å². The molecule has 1 aromatic carbocycles. The molecule has 3 rings (SSSR count). The summed E-state index contributed by atoms with van der Waals surface area (Å²) in [4.78, 5) is 2.33. The van der Waals surface area contributed by atoms with Gasteiger partial charge in [-0.25, -0.2) is 0 Å². The Labute approximate surface area is 101 Å². The number of hydrogen-bond donors (Lipinski definition) is 0. The van der Waals surface area contributed by atoms with E-state index in [1.54, 1.807) is 0 Å². The summed E-state index contributed by atoms with van der Waals surface area (Å²) >= 11 is 0. The highest BCUT2D eigenvalue weighted by Crippen LogP contribution is 2.35. The molecule has 0 amide bonds. The van der Waals surface area contributed by atoms with Crippen LogP contribution in [0.5, 0.6) is 17.2 Å². The lowest BCUT2D eigenvalue weighted by molar-refractivity contribution is 0.114. The third-order valence-corrected chi connectivity index (χ3v) is 3.31. The van der Waals surface area contributed by atoms with E-state index in [1.807, 2.05) is 18.2 Å². The van der Waals surface area contributed by atoms with Crippen molar-refractivity contribution in [3.8, 4) is 17.2 Å². The number of piperidine rings is 1. The van der Waals surface area contributed by atoms with Gasteiger partial charge in [0, 0.05) is 19.2 Å². The van der Waals surface area contributed by atoms with Gasteiger partial charge in [0.1, 0.15) is 11.9 Å². The Morgan fingerprint density at radius 3 is 2.76 bits per heavy atom. The summed E-state index contributed by atoms with van der Waals surface area (Å²) in [6.45, 7) is 2.53. The van der Waals surface area contributed by atoms with E-state index in [-0.39, 0.29) is 0 Å². The van der Waals surface area contributed by atoms with E-state index in [1.165, 1.54) is 0 Å². The first-order chi connectivity index (χ1) is 8.31. The highest BCUT2D eigenvalue weighted by atomic mass is 16.7. The molecule has 2 aliphatic heterocycles. The fourth-order valence-corrected chi connectivity index (χ4v) is 2.25. The van der Waals surface area contributed by atoms with E-state index in [0.29, 0.717) is 12.9 Å². The quantitative estimate of drug-likeness (QED) is 0.783. The standard InChI is InChI=1S/C13H17NO3/c1-14-6-4-10(5-7-14)17-11-2-3-12-13(8-11)16-9-15-12/h2-3,8,10H,4-7,9H2,1H3. The van der Waals surface area contributed by atoms with E-state index < -0.39 is 0 Å². The molecular formula is C13H17NO3. The minimum atomic E-state index is 0.313. The molecule has 0 atom stereocenters. The molecule has 1 fully saturated rings. The van der Waals surface area contributed by atoms with Crippen LogP contribution in [0.15, 0.2) is 18.2 Å². The lowest BCUT2D eigenvalue weighted by Crippen LogP contribution is -2.35. The lowest BCUT2D eigenvalue weighted by Gasteiger charge is -2.29. The zero-order valence-electron chi connectivity index (χ0n) is 10.0. The van der Waals surface area contributed by atoms with Gasteiger partial charge in [0.15, 0.2) is 11.5 Å². The van der Waals surface area contributed by atoms with Gasteiger partial charge in [-0.15, -0.1) is 0 Å². The number of ether oxygens (including phenoxy) is 3. The van der Waals surface area contributed by atoms with Crippen LogP contribution in [0.25, 0.3) is 0 Å². The predicted octanol–water partition coefficient (Wildman–Crippen LogP) is 1.89. The average molecular weight is 235 g/mol. The van der Waals surface area contributed by atoms with Crippen LogP contribution < -0.4 is 14.2 Å². The van der Waals surface area contributed by atoms with E-state index >= 15 is 0 Å². The van der Waals surface area contributed by atoms with E-state index in [4.69, 9.17) is 14.2 Å². The molecule has 0 radical (unpaired) electrons. The van der Waals surface area contributed by atoms with Crippen molar-refractivity contribution >= 4 is 0 Å². The predicted molar refractivity (Wildman–Crippen MR) is 63.7 cm³/mol. The number of rotatable bonds is 2. The molecule has 4 heteroatoms. The first-order valence-electron chi connectivity index (χ1n) is 6.06. The van der Waals surface area contributed by atoms with Crippen molar-refractivity contribution in [2.45, 2.75) is 18.9 Å². The molecule has 0 N–H and O–H groups in total. The van der Waals surface area contributed by atoms with Gasteiger partial charge in [-0.3, -0.25) is 0 Å². The fourth-order valence-electron chi connectivity index (χ4n) is 2.25. The van der Waals surface area contributed by atoms with E-state index in [2.05, 4.69) is 11.9 Å². The molecule has 1 aromatic rings. The molecule has 4 nitrogen and oxygen atoms in total. The normalized spacial score (nSPS) is 20.5. The first-order valence-corrected chi connectivity index (χ1v) is 6.06. The Morgan fingerprint density at radius 2 is 1.94 bits per heavy atom. The molecule has 0 aromatic heterocycles. The van der Waals surface area contributed by atoms with Crippen molar-refractivity contribution in [3.63, 3.8) is 0 Å². The molecule has 0 unspecified atom stereocenters. The smallest absolute Gasteiger partial charge is 0.231 e. The summed E-state index contributed by atoms with van der Waals surface area (Å²) in [7, 11) is 2.15. The number of benzene rings is 1. The molecule has 0 saturated carbocycles. The topological polar surface area (TPSA) is 30.9 Å². The Bertz CT molecular complexity index is 400. The molecule has 92 valence electrons. The zero-order valence-corrected chi connectivity index (χ0v) is 10.0. The minimum Gasteiger partial charge on any atom is -0.490 e. The average Bonchev–Trinajstić information content (AvgIpc) is 2.79. The van der Waals surface area contributed by atoms with Crippen molar-refractivity contribution < 1.29 is 14.2 Å². The van der Waals surface area contributed by atoms with Gasteiger partial charge < -0.3 is 19.1 Å². The largest absolute Gasteiger partial charge is 0.490 e. The van der Waals surface area contributed by atoms with Gasteiger partial charge in [0.25, 0.3) is 0 Å². The molecule has 17 heavy (non-hydrogen) atoms. The number of fused-ring (bicyclic) bond motifs is 1. The minimum absolute atomic E-state index is 0.313. The summed E-state index contributed by atoms with van der Waals surface area (Å²) < 4.78 is 16.6. The van der Waals surface area contributed by atoms with Gasteiger partial charge >= 0.3 is 0 Å². The Kier molecular flexibility index (Phi) is 2.81. The Balaban J connectivity index is 1.65. The van der Waals surface area contributed by atoms with Crippen LogP contribution in [0.4, 0.5) is 0 Å². The number of hydrogen-bond acceptors (Lipinski definition) is 4. The van der Waals surface area contributed by atoms with Crippen molar-refractivity contribution in [1.29, 1.82) is 0 Å². The van der Waals surface area contributed by atoms with Crippen molar-refractivity contribution in [3.05, 3.63) is 18.2 Å². The maximum absolute atomic E-state index is 5.97. The van der Waals surface area contributed by atoms with Gasteiger partial charge in [-0.2, -0.15) is 0 Å². The summed E-state index contributed by atoms with van der Waals surface area (Å²) in [5.74, 6) is 2.47. The number of nitrogens with zero attached hydrogens (tertiary/aromatic N) is 1. The van der Waals surface area contributed by atoms with Crippen LogP contribution >= 0.6 is 0 Å². The van der Waals surface area contributed by atoms with Gasteiger partial charge in [0.2, 0.25) is 6.79 Å². The molecule has 0 bridgehead atoms. The second-order valence-electron chi connectivity index (χ2n) is 4.64. The molecule has 2 heterocycles. The van der Waals surface area contributed by atoms with Crippen LogP contribution in [0, 0.1) is 0 Å². The van der Waals surface area contributed by atoms with Crippen LogP contribution in [0.3, 0.4) is 0 Å². The zero-order chi connectivity index (χ0) is 11.7. The van der Waals surface area contributed by atoms with Crippen molar-refractivity contribution in [2.75, 3.05) is 26.9 Å².